The van der Waals surface area contributed by atoms with Crippen LogP contribution in [0.1, 0.15) is 32.1 Å². The van der Waals surface area contributed by atoms with Crippen LogP contribution < -0.4 is 0 Å². The second-order valence-corrected chi connectivity index (χ2v) is 5.92. The van der Waals surface area contributed by atoms with E-state index in [0.29, 0.717) is 0 Å². The normalized spacial score (nSPS) is 25.2. The fourth-order valence-corrected chi connectivity index (χ4v) is 3.14. The van der Waals surface area contributed by atoms with Gasteiger partial charge >= 0.3 is 9.43 Å². The van der Waals surface area contributed by atoms with Gasteiger partial charge in [0.05, 0.1) is 0 Å². The van der Waals surface area contributed by atoms with E-state index in [1.807, 2.05) is 0 Å². The third kappa shape index (κ3) is 2.67. The molecule has 1 unspecified atom stereocenters. The van der Waals surface area contributed by atoms with Gasteiger partial charge in [0.15, 0.2) is 5.25 Å². The number of hydrogen-bond donors (Lipinski definition) is 1. The lowest BCUT2D eigenvalue weighted by molar-refractivity contribution is -0.436. The topological polar surface area (TPSA) is 55.8 Å². The van der Waals surface area contributed by atoms with Crippen LogP contribution in [0.15, 0.2) is 0 Å². The van der Waals surface area contributed by atoms with E-state index in [0.717, 1.165) is 32.1 Å². The SMILES string of the molecule is O=[S+](Cl)(OOO)C1CCCCC1. The molecule has 0 aliphatic heterocycles. The molecule has 72 valence electrons. The molecular weight excluding hydrogens is 204 g/mol. The molecule has 0 saturated heterocycles. The first-order valence-electron chi connectivity index (χ1n) is 3.89. The zero-order chi connectivity index (χ0) is 9.03. The van der Waals surface area contributed by atoms with Crippen LogP contribution in [0.3, 0.4) is 0 Å². The largest absolute Gasteiger partial charge is 0.357 e. The summed E-state index contributed by atoms with van der Waals surface area (Å²) in [4.78, 5) is 0. The maximum absolute atomic E-state index is 11.4. The molecule has 1 aliphatic rings. The first kappa shape index (κ1) is 10.4. The summed E-state index contributed by atoms with van der Waals surface area (Å²) < 4.78 is 15.5. The summed E-state index contributed by atoms with van der Waals surface area (Å²) in [6.45, 7) is 0. The standard InChI is InChI=1S/C6H11ClO4S/c7-12(9,11-10-8)6-4-2-1-3-5-6/h6H,1-5H2/p+1. The molecule has 0 spiro atoms. The van der Waals surface area contributed by atoms with Gasteiger partial charge in [0.2, 0.25) is 10.7 Å². The lowest BCUT2D eigenvalue weighted by Gasteiger charge is -2.16. The molecule has 12 heavy (non-hydrogen) atoms. The van der Waals surface area contributed by atoms with Gasteiger partial charge < -0.3 is 0 Å². The van der Waals surface area contributed by atoms with Crippen molar-refractivity contribution < 1.29 is 18.8 Å². The maximum Gasteiger partial charge on any atom is 0.357 e. The summed E-state index contributed by atoms with van der Waals surface area (Å²) in [5.74, 6) is 0. The average molecular weight is 216 g/mol. The highest BCUT2D eigenvalue weighted by Crippen LogP contribution is 2.32. The van der Waals surface area contributed by atoms with Crippen molar-refractivity contribution in [3.63, 3.8) is 0 Å². The van der Waals surface area contributed by atoms with Crippen molar-refractivity contribution in [3.8, 4) is 0 Å². The highest BCUT2D eigenvalue weighted by Gasteiger charge is 2.42. The van der Waals surface area contributed by atoms with Crippen molar-refractivity contribution in [2.45, 2.75) is 37.4 Å². The van der Waals surface area contributed by atoms with Gasteiger partial charge in [0, 0.05) is 4.33 Å². The fraction of sp³-hybridized carbons (Fsp3) is 1.00. The monoisotopic (exact) mass is 215 g/mol. The van der Waals surface area contributed by atoms with E-state index in [1.165, 1.54) is 0 Å². The summed E-state index contributed by atoms with van der Waals surface area (Å²) in [7, 11) is 2.55. The van der Waals surface area contributed by atoms with E-state index in [9.17, 15) is 4.21 Å². The van der Waals surface area contributed by atoms with Gasteiger partial charge in [0.25, 0.3) is 0 Å². The highest BCUT2D eigenvalue weighted by molar-refractivity contribution is 8.20. The Morgan fingerprint density at radius 1 is 1.33 bits per heavy atom. The van der Waals surface area contributed by atoms with E-state index in [4.69, 9.17) is 15.9 Å². The van der Waals surface area contributed by atoms with E-state index < -0.39 is 9.43 Å². The van der Waals surface area contributed by atoms with Crippen molar-refractivity contribution in [1.29, 1.82) is 0 Å². The minimum absolute atomic E-state index is 0.194. The Bertz CT molecular complexity index is 180. The van der Waals surface area contributed by atoms with Gasteiger partial charge in [-0.3, -0.25) is 0 Å². The molecule has 1 aliphatic carbocycles. The van der Waals surface area contributed by atoms with Crippen LogP contribution in [-0.2, 0) is 23.0 Å². The first-order chi connectivity index (χ1) is 5.67. The quantitative estimate of drug-likeness (QED) is 0.340. The lowest BCUT2D eigenvalue weighted by Crippen LogP contribution is -2.26. The molecule has 1 N–H and O–H groups in total. The van der Waals surface area contributed by atoms with Crippen LogP contribution >= 0.6 is 10.7 Å². The van der Waals surface area contributed by atoms with Gasteiger partial charge in [-0.1, -0.05) is 6.42 Å². The van der Waals surface area contributed by atoms with Crippen LogP contribution in [0, 0.1) is 0 Å². The van der Waals surface area contributed by atoms with Gasteiger partial charge in [-0.15, -0.1) is 0 Å². The number of hydrogen-bond acceptors (Lipinski definition) is 4. The van der Waals surface area contributed by atoms with E-state index in [1.54, 1.807) is 0 Å². The van der Waals surface area contributed by atoms with E-state index in [-0.39, 0.29) is 5.25 Å². The summed E-state index contributed by atoms with van der Waals surface area (Å²) in [6.07, 6.45) is 4.69. The Labute approximate surface area is 76.8 Å². The smallest absolute Gasteiger partial charge is 0.217 e. The molecule has 1 atom stereocenters. The molecule has 0 aromatic carbocycles. The summed E-state index contributed by atoms with van der Waals surface area (Å²) in [5.41, 5.74) is 0. The molecule has 0 bridgehead atoms. The predicted octanol–water partition coefficient (Wildman–Crippen LogP) is 2.31. The van der Waals surface area contributed by atoms with Crippen molar-refractivity contribution in [1.82, 2.24) is 0 Å². The number of rotatable bonds is 3. The third-order valence-corrected chi connectivity index (χ3v) is 4.50. The summed E-state index contributed by atoms with van der Waals surface area (Å²) in [6, 6.07) is 0. The van der Waals surface area contributed by atoms with Gasteiger partial charge in [-0.25, -0.2) is 5.26 Å². The Morgan fingerprint density at radius 3 is 2.42 bits per heavy atom. The van der Waals surface area contributed by atoms with Gasteiger partial charge in [-0.05, 0) is 34.9 Å². The maximum atomic E-state index is 11.4. The second-order valence-electron chi connectivity index (χ2n) is 2.88. The Kier molecular flexibility index (Phi) is 3.92. The molecule has 0 radical (unpaired) electrons. The predicted molar refractivity (Wildman–Crippen MR) is 45.6 cm³/mol. The zero-order valence-corrected chi connectivity index (χ0v) is 8.14. The van der Waals surface area contributed by atoms with Crippen LogP contribution in [0.2, 0.25) is 0 Å². The van der Waals surface area contributed by atoms with Gasteiger partial charge in [0.1, 0.15) is 0 Å². The van der Waals surface area contributed by atoms with Crippen molar-refractivity contribution in [2.24, 2.45) is 0 Å². The highest BCUT2D eigenvalue weighted by atomic mass is 35.7. The Balaban J connectivity index is 2.48. The summed E-state index contributed by atoms with van der Waals surface area (Å²) >= 11 is 0. The van der Waals surface area contributed by atoms with Crippen LogP contribution in [0.5, 0.6) is 0 Å². The van der Waals surface area contributed by atoms with Crippen LogP contribution in [-0.4, -0.2) is 10.5 Å². The molecule has 1 rings (SSSR count). The fourth-order valence-electron chi connectivity index (χ4n) is 1.44. The second kappa shape index (κ2) is 4.53. The molecule has 0 amide bonds. The number of halogens is 1. The van der Waals surface area contributed by atoms with Crippen molar-refractivity contribution in [2.75, 3.05) is 0 Å². The Hall–Kier alpha value is 0.320. The summed E-state index contributed by atoms with van der Waals surface area (Å²) in [5, 5.41) is 11.1. The zero-order valence-electron chi connectivity index (χ0n) is 6.57. The molecule has 1 saturated carbocycles. The van der Waals surface area contributed by atoms with E-state index in [2.05, 4.69) is 9.37 Å². The third-order valence-electron chi connectivity index (χ3n) is 2.07. The minimum Gasteiger partial charge on any atom is -0.217 e. The molecule has 0 aromatic rings. The Morgan fingerprint density at radius 2 is 1.92 bits per heavy atom. The van der Waals surface area contributed by atoms with Crippen molar-refractivity contribution >= 4 is 20.1 Å². The molecule has 0 heterocycles. The molecule has 1 fully saturated rings. The molecule has 6 heteroatoms. The average Bonchev–Trinajstić information content (AvgIpc) is 2.06. The van der Waals surface area contributed by atoms with Crippen LogP contribution in [0.4, 0.5) is 0 Å². The van der Waals surface area contributed by atoms with Crippen LogP contribution in [0.25, 0.3) is 0 Å². The first-order valence-corrected chi connectivity index (χ1v) is 6.26. The van der Waals surface area contributed by atoms with Gasteiger partial charge in [-0.2, -0.15) is 0 Å². The molecule has 0 aromatic heterocycles. The van der Waals surface area contributed by atoms with Crippen molar-refractivity contribution in [3.05, 3.63) is 0 Å². The molecular formula is C6H12ClO4S+. The minimum atomic E-state index is -2.98. The van der Waals surface area contributed by atoms with E-state index >= 15 is 0 Å². The molecule has 4 nitrogen and oxygen atoms in total. The lowest BCUT2D eigenvalue weighted by atomic mass is 10.0.